The molecule has 0 bridgehead atoms. The molecule has 16 heavy (non-hydrogen) atoms. The Bertz CT molecular complexity index is 436. The molecule has 0 aromatic heterocycles. The van der Waals surface area contributed by atoms with Gasteiger partial charge in [0.1, 0.15) is 5.75 Å². The van der Waals surface area contributed by atoms with Gasteiger partial charge >= 0.3 is 0 Å². The lowest BCUT2D eigenvalue weighted by Crippen LogP contribution is -2.16. The topological polar surface area (TPSA) is 38.7 Å². The predicted octanol–water partition coefficient (Wildman–Crippen LogP) is 2.65. The highest BCUT2D eigenvalue weighted by atomic mass is 16.5. The number of hydrogen-bond donors (Lipinski definition) is 0. The van der Waals surface area contributed by atoms with Crippen molar-refractivity contribution in [3.8, 4) is 5.75 Å². The molecule has 1 aliphatic rings. The summed E-state index contributed by atoms with van der Waals surface area (Å²) in [5.74, 6) is 1.21. The van der Waals surface area contributed by atoms with Crippen LogP contribution in [-0.2, 0) is 11.2 Å². The van der Waals surface area contributed by atoms with Crippen LogP contribution in [0.1, 0.15) is 30.5 Å². The first kappa shape index (κ1) is 10.9. The molecule has 0 radical (unpaired) electrons. The summed E-state index contributed by atoms with van der Waals surface area (Å²) in [5.41, 5.74) is 2.38. The highest BCUT2D eigenvalue weighted by Gasteiger charge is 2.26. The minimum atomic E-state index is -0.0589. The second-order valence-corrected chi connectivity index (χ2v) is 4.25. The fourth-order valence-corrected chi connectivity index (χ4v) is 2.30. The van der Waals surface area contributed by atoms with Gasteiger partial charge in [-0.05, 0) is 42.0 Å². The summed E-state index contributed by atoms with van der Waals surface area (Å²) in [7, 11) is 1.64. The van der Waals surface area contributed by atoms with Crippen molar-refractivity contribution in [1.82, 2.24) is 0 Å². The number of nitrogens with zero attached hydrogens (tertiary/aromatic N) is 1. The molecule has 0 spiro atoms. The number of isocyanates is 1. The minimum absolute atomic E-state index is 0.0589. The maximum Gasteiger partial charge on any atom is 0.235 e. The van der Waals surface area contributed by atoms with E-state index in [0.717, 1.165) is 24.2 Å². The lowest BCUT2D eigenvalue weighted by molar-refractivity contribution is 0.396. The van der Waals surface area contributed by atoms with Gasteiger partial charge in [0.15, 0.2) is 0 Å². The van der Waals surface area contributed by atoms with Gasteiger partial charge in [0.25, 0.3) is 0 Å². The van der Waals surface area contributed by atoms with E-state index in [0.29, 0.717) is 5.92 Å². The van der Waals surface area contributed by atoms with Gasteiger partial charge in [0, 0.05) is 0 Å². The average molecular weight is 217 g/mol. The molecular weight excluding hydrogens is 202 g/mol. The molecule has 0 N–H and O–H groups in total. The number of methoxy groups -OCH3 is 1. The van der Waals surface area contributed by atoms with Crippen LogP contribution in [-0.4, -0.2) is 13.2 Å². The summed E-state index contributed by atoms with van der Waals surface area (Å²) in [6, 6.07) is 5.94. The monoisotopic (exact) mass is 217 g/mol. The van der Waals surface area contributed by atoms with E-state index in [1.807, 2.05) is 12.1 Å². The van der Waals surface area contributed by atoms with Crippen LogP contribution in [0, 0.1) is 5.92 Å². The van der Waals surface area contributed by atoms with E-state index in [-0.39, 0.29) is 6.04 Å². The van der Waals surface area contributed by atoms with Crippen molar-refractivity contribution in [2.24, 2.45) is 10.9 Å². The van der Waals surface area contributed by atoms with Crippen molar-refractivity contribution < 1.29 is 9.53 Å². The molecule has 84 valence electrons. The molecule has 1 aromatic carbocycles. The SMILES string of the molecule is COc1ccc2c(c1)C(N=C=O)C(C)CC2. The molecule has 0 aliphatic heterocycles. The largest absolute Gasteiger partial charge is 0.497 e. The van der Waals surface area contributed by atoms with Crippen LogP contribution in [0.5, 0.6) is 5.75 Å². The predicted molar refractivity (Wildman–Crippen MR) is 61.3 cm³/mol. The zero-order valence-corrected chi connectivity index (χ0v) is 9.56. The van der Waals surface area contributed by atoms with Crippen molar-refractivity contribution in [2.45, 2.75) is 25.8 Å². The van der Waals surface area contributed by atoms with Crippen LogP contribution >= 0.6 is 0 Å². The van der Waals surface area contributed by atoms with Crippen LogP contribution < -0.4 is 4.74 Å². The van der Waals surface area contributed by atoms with Gasteiger partial charge in [-0.15, -0.1) is 0 Å². The lowest BCUT2D eigenvalue weighted by Gasteiger charge is -2.27. The molecule has 0 saturated carbocycles. The first-order valence-corrected chi connectivity index (χ1v) is 5.50. The molecule has 2 unspecified atom stereocenters. The zero-order chi connectivity index (χ0) is 11.5. The number of hydrogen-bond acceptors (Lipinski definition) is 3. The zero-order valence-electron chi connectivity index (χ0n) is 9.56. The number of fused-ring (bicyclic) bond motifs is 1. The third kappa shape index (κ3) is 1.86. The Balaban J connectivity index is 2.47. The van der Waals surface area contributed by atoms with E-state index < -0.39 is 0 Å². The quantitative estimate of drug-likeness (QED) is 0.564. The number of carbonyl (C=O) groups excluding carboxylic acids is 1. The fraction of sp³-hybridized carbons (Fsp3) is 0.462. The smallest absolute Gasteiger partial charge is 0.235 e. The molecule has 1 aliphatic carbocycles. The molecule has 0 saturated heterocycles. The molecule has 3 heteroatoms. The molecule has 2 atom stereocenters. The Morgan fingerprint density at radius 2 is 2.31 bits per heavy atom. The average Bonchev–Trinajstić information content (AvgIpc) is 2.32. The second kappa shape index (κ2) is 4.50. The molecule has 0 amide bonds. The van der Waals surface area contributed by atoms with Crippen molar-refractivity contribution >= 4 is 6.08 Å². The summed E-state index contributed by atoms with van der Waals surface area (Å²) in [5, 5.41) is 0. The number of ether oxygens (including phenoxy) is 1. The number of aryl methyl sites for hydroxylation is 1. The normalized spacial score (nSPS) is 23.1. The molecule has 1 aromatic rings. The standard InChI is InChI=1S/C13H15NO2/c1-9-3-4-10-5-6-11(16-2)7-12(10)13(9)14-8-15/h5-7,9,13H,3-4H2,1-2H3. The van der Waals surface area contributed by atoms with Gasteiger partial charge in [0.2, 0.25) is 6.08 Å². The second-order valence-electron chi connectivity index (χ2n) is 4.25. The highest BCUT2D eigenvalue weighted by Crippen LogP contribution is 2.38. The summed E-state index contributed by atoms with van der Waals surface area (Å²) < 4.78 is 5.20. The van der Waals surface area contributed by atoms with E-state index in [1.165, 1.54) is 5.56 Å². The molecular formula is C13H15NO2. The van der Waals surface area contributed by atoms with Crippen molar-refractivity contribution in [2.75, 3.05) is 7.11 Å². The van der Waals surface area contributed by atoms with E-state index in [4.69, 9.17) is 4.74 Å². The van der Waals surface area contributed by atoms with Crippen LogP contribution in [0.2, 0.25) is 0 Å². The Morgan fingerprint density at radius 1 is 1.50 bits per heavy atom. The van der Waals surface area contributed by atoms with Gasteiger partial charge in [0.05, 0.1) is 13.2 Å². The Morgan fingerprint density at radius 3 is 3.00 bits per heavy atom. The summed E-state index contributed by atoms with van der Waals surface area (Å²) >= 11 is 0. The maximum absolute atomic E-state index is 10.5. The van der Waals surface area contributed by atoms with Crippen molar-refractivity contribution in [1.29, 1.82) is 0 Å². The maximum atomic E-state index is 10.5. The molecule has 3 nitrogen and oxygen atoms in total. The number of aliphatic imine (C=N–C) groups is 1. The molecule has 0 fully saturated rings. The minimum Gasteiger partial charge on any atom is -0.497 e. The van der Waals surface area contributed by atoms with E-state index >= 15 is 0 Å². The van der Waals surface area contributed by atoms with Crippen LogP contribution in [0.15, 0.2) is 23.2 Å². The Kier molecular flexibility index (Phi) is 3.07. The molecule has 2 rings (SSSR count). The van der Waals surface area contributed by atoms with Gasteiger partial charge in [-0.1, -0.05) is 13.0 Å². The van der Waals surface area contributed by atoms with Crippen molar-refractivity contribution in [3.05, 3.63) is 29.3 Å². The van der Waals surface area contributed by atoms with Gasteiger partial charge < -0.3 is 4.74 Å². The molecule has 0 heterocycles. The van der Waals surface area contributed by atoms with E-state index in [2.05, 4.69) is 18.0 Å². The summed E-state index contributed by atoms with van der Waals surface area (Å²) in [6.07, 6.45) is 3.79. The van der Waals surface area contributed by atoms with Gasteiger partial charge in [-0.25, -0.2) is 4.79 Å². The van der Waals surface area contributed by atoms with Crippen LogP contribution in [0.3, 0.4) is 0 Å². The highest BCUT2D eigenvalue weighted by molar-refractivity contribution is 5.42. The fourth-order valence-electron chi connectivity index (χ4n) is 2.30. The Labute approximate surface area is 95.2 Å². The summed E-state index contributed by atoms with van der Waals surface area (Å²) in [4.78, 5) is 14.4. The van der Waals surface area contributed by atoms with E-state index in [1.54, 1.807) is 13.2 Å². The number of rotatable bonds is 2. The summed E-state index contributed by atoms with van der Waals surface area (Å²) in [6.45, 7) is 2.12. The van der Waals surface area contributed by atoms with Gasteiger partial charge in [-0.3, -0.25) is 0 Å². The first-order valence-electron chi connectivity index (χ1n) is 5.50. The van der Waals surface area contributed by atoms with Crippen molar-refractivity contribution in [3.63, 3.8) is 0 Å². The lowest BCUT2D eigenvalue weighted by atomic mass is 9.81. The third-order valence-corrected chi connectivity index (χ3v) is 3.27. The number of benzene rings is 1. The first-order chi connectivity index (χ1) is 7.76. The van der Waals surface area contributed by atoms with Crippen LogP contribution in [0.25, 0.3) is 0 Å². The van der Waals surface area contributed by atoms with Gasteiger partial charge in [-0.2, -0.15) is 4.99 Å². The third-order valence-electron chi connectivity index (χ3n) is 3.27. The van der Waals surface area contributed by atoms with E-state index in [9.17, 15) is 4.79 Å². The Hall–Kier alpha value is -1.60. The van der Waals surface area contributed by atoms with Crippen LogP contribution in [0.4, 0.5) is 0 Å².